The van der Waals surface area contributed by atoms with Gasteiger partial charge in [0.25, 0.3) is 0 Å². The number of hydrogen-bond acceptors (Lipinski definition) is 3. The first-order chi connectivity index (χ1) is 16.5. The fraction of sp³-hybridized carbons (Fsp3) is 0.781. The van der Waals surface area contributed by atoms with Crippen molar-refractivity contribution < 1.29 is 14.3 Å². The molecule has 0 amide bonds. The zero-order valence-corrected chi connectivity index (χ0v) is 24.4. The molecule has 0 aliphatic carbocycles. The van der Waals surface area contributed by atoms with Crippen LogP contribution in [0.3, 0.4) is 0 Å². The Hall–Kier alpha value is -1.51. The first-order valence-corrected chi connectivity index (χ1v) is 14.5. The van der Waals surface area contributed by atoms with E-state index in [0.717, 1.165) is 65.2 Å². The molecule has 3 heteroatoms. The Bertz CT molecular complexity index is 825. The Morgan fingerprint density at radius 2 is 1.46 bits per heavy atom. The van der Waals surface area contributed by atoms with Crippen LogP contribution in [0.4, 0.5) is 0 Å². The molecule has 35 heavy (non-hydrogen) atoms. The average molecular weight is 487 g/mol. The standard InChI is InChI=1S/C32H54O3/c1-10-29(33)34-30-25(6)26(7)31-28(27(30)8)19-21-32(9,35-31)20-13-18-24(5)17-12-16-23(4)15-11-14-22(2)3/h22-24H,10-21H2,1-9H3. The fourth-order valence-electron chi connectivity index (χ4n) is 5.60. The van der Waals surface area contributed by atoms with Gasteiger partial charge in [-0.1, -0.05) is 79.6 Å². The van der Waals surface area contributed by atoms with Crippen molar-refractivity contribution in [2.24, 2.45) is 17.8 Å². The number of benzene rings is 1. The highest BCUT2D eigenvalue weighted by molar-refractivity contribution is 5.74. The van der Waals surface area contributed by atoms with Crippen LogP contribution in [0.1, 0.15) is 134 Å². The van der Waals surface area contributed by atoms with Crippen molar-refractivity contribution in [1.29, 1.82) is 0 Å². The first-order valence-electron chi connectivity index (χ1n) is 14.5. The Morgan fingerprint density at radius 3 is 2.03 bits per heavy atom. The third kappa shape index (κ3) is 8.83. The minimum atomic E-state index is -0.174. The lowest BCUT2D eigenvalue weighted by Crippen LogP contribution is -2.37. The molecule has 1 aromatic rings. The van der Waals surface area contributed by atoms with E-state index in [2.05, 4.69) is 48.5 Å². The molecule has 0 spiro atoms. The minimum Gasteiger partial charge on any atom is -0.487 e. The minimum absolute atomic E-state index is 0.108. The van der Waals surface area contributed by atoms with E-state index >= 15 is 0 Å². The smallest absolute Gasteiger partial charge is 0.310 e. The van der Waals surface area contributed by atoms with Gasteiger partial charge in [0.05, 0.1) is 0 Å². The zero-order valence-electron chi connectivity index (χ0n) is 24.4. The third-order valence-corrected chi connectivity index (χ3v) is 8.34. The highest BCUT2D eigenvalue weighted by Gasteiger charge is 2.34. The van der Waals surface area contributed by atoms with E-state index in [1.54, 1.807) is 0 Å². The number of rotatable bonds is 14. The molecule has 0 aromatic heterocycles. The summed E-state index contributed by atoms with van der Waals surface area (Å²) in [6.45, 7) is 19.9. The Kier molecular flexibility index (Phi) is 11.6. The van der Waals surface area contributed by atoms with E-state index in [-0.39, 0.29) is 11.6 Å². The van der Waals surface area contributed by atoms with Crippen LogP contribution < -0.4 is 9.47 Å². The highest BCUT2D eigenvalue weighted by Crippen LogP contribution is 2.45. The topological polar surface area (TPSA) is 35.5 Å². The quantitative estimate of drug-likeness (QED) is 0.194. The van der Waals surface area contributed by atoms with Gasteiger partial charge >= 0.3 is 5.97 Å². The maximum atomic E-state index is 12.0. The molecule has 1 aromatic carbocycles. The number of ether oxygens (including phenoxy) is 2. The predicted octanol–water partition coefficient (Wildman–Crippen LogP) is 9.45. The van der Waals surface area contributed by atoms with Crippen LogP contribution in [0, 0.1) is 38.5 Å². The Morgan fingerprint density at radius 1 is 0.886 bits per heavy atom. The van der Waals surface area contributed by atoms with Gasteiger partial charge in [-0.25, -0.2) is 0 Å². The second kappa shape index (κ2) is 13.7. The number of esters is 1. The molecule has 3 nitrogen and oxygen atoms in total. The van der Waals surface area contributed by atoms with Crippen molar-refractivity contribution in [2.75, 3.05) is 0 Å². The van der Waals surface area contributed by atoms with Crippen molar-refractivity contribution in [3.05, 3.63) is 22.3 Å². The van der Waals surface area contributed by atoms with Gasteiger partial charge in [0, 0.05) is 12.0 Å². The summed E-state index contributed by atoms with van der Waals surface area (Å²) in [5.41, 5.74) is 4.33. The Labute approximate surface area is 216 Å². The van der Waals surface area contributed by atoms with Crippen LogP contribution in [0.15, 0.2) is 0 Å². The van der Waals surface area contributed by atoms with E-state index in [4.69, 9.17) is 9.47 Å². The largest absolute Gasteiger partial charge is 0.487 e. The van der Waals surface area contributed by atoms with Crippen LogP contribution in [0.2, 0.25) is 0 Å². The van der Waals surface area contributed by atoms with Gasteiger partial charge in [-0.3, -0.25) is 4.79 Å². The van der Waals surface area contributed by atoms with Crippen molar-refractivity contribution in [3.8, 4) is 11.5 Å². The lowest BCUT2D eigenvalue weighted by atomic mass is 9.83. The van der Waals surface area contributed by atoms with Gasteiger partial charge in [0.2, 0.25) is 0 Å². The highest BCUT2D eigenvalue weighted by atomic mass is 16.5. The summed E-state index contributed by atoms with van der Waals surface area (Å²) >= 11 is 0. The van der Waals surface area contributed by atoms with Crippen molar-refractivity contribution >= 4 is 5.97 Å². The summed E-state index contributed by atoms with van der Waals surface area (Å²) in [6.07, 6.45) is 14.3. The molecule has 1 aliphatic rings. The van der Waals surface area contributed by atoms with Gasteiger partial charge in [-0.05, 0) is 87.8 Å². The summed E-state index contributed by atoms with van der Waals surface area (Å²) in [7, 11) is 0. The first kappa shape index (κ1) is 29.7. The van der Waals surface area contributed by atoms with Crippen LogP contribution in [-0.4, -0.2) is 11.6 Å². The van der Waals surface area contributed by atoms with Crippen LogP contribution in [0.25, 0.3) is 0 Å². The van der Waals surface area contributed by atoms with E-state index in [0.29, 0.717) is 6.42 Å². The van der Waals surface area contributed by atoms with Crippen molar-refractivity contribution in [3.63, 3.8) is 0 Å². The summed E-state index contributed by atoms with van der Waals surface area (Å²) in [4.78, 5) is 12.0. The van der Waals surface area contributed by atoms with E-state index in [1.807, 2.05) is 13.8 Å². The lowest BCUT2D eigenvalue weighted by molar-refractivity contribution is -0.134. The molecule has 3 atom stereocenters. The van der Waals surface area contributed by atoms with Gasteiger partial charge in [0.15, 0.2) is 0 Å². The van der Waals surface area contributed by atoms with Gasteiger partial charge < -0.3 is 9.47 Å². The van der Waals surface area contributed by atoms with Gasteiger partial charge in [-0.15, -0.1) is 0 Å². The predicted molar refractivity (Wildman–Crippen MR) is 149 cm³/mol. The van der Waals surface area contributed by atoms with Gasteiger partial charge in [0.1, 0.15) is 17.1 Å². The summed E-state index contributed by atoms with van der Waals surface area (Å²) in [6, 6.07) is 0. The molecule has 0 bridgehead atoms. The Balaban J connectivity index is 1.84. The molecule has 3 unspecified atom stereocenters. The monoisotopic (exact) mass is 486 g/mol. The molecule has 0 saturated heterocycles. The van der Waals surface area contributed by atoms with E-state index < -0.39 is 0 Å². The molecule has 0 fully saturated rings. The maximum Gasteiger partial charge on any atom is 0.310 e. The third-order valence-electron chi connectivity index (χ3n) is 8.34. The molecule has 0 radical (unpaired) electrons. The number of carbonyl (C=O) groups is 1. The molecular formula is C32H54O3. The van der Waals surface area contributed by atoms with E-state index in [1.165, 1.54) is 56.9 Å². The van der Waals surface area contributed by atoms with Crippen LogP contribution in [0.5, 0.6) is 11.5 Å². The number of fused-ring (bicyclic) bond motifs is 1. The summed E-state index contributed by atoms with van der Waals surface area (Å²) in [5, 5.41) is 0. The normalized spacial score (nSPS) is 19.3. The molecule has 0 N–H and O–H groups in total. The molecule has 1 heterocycles. The molecular weight excluding hydrogens is 432 g/mol. The zero-order chi connectivity index (χ0) is 26.2. The van der Waals surface area contributed by atoms with Crippen LogP contribution in [-0.2, 0) is 11.2 Å². The van der Waals surface area contributed by atoms with Gasteiger partial charge in [-0.2, -0.15) is 0 Å². The number of hydrogen-bond donors (Lipinski definition) is 0. The molecule has 1 aliphatic heterocycles. The number of carbonyl (C=O) groups excluding carboxylic acids is 1. The second-order valence-electron chi connectivity index (χ2n) is 12.2. The molecule has 2 rings (SSSR count). The second-order valence-corrected chi connectivity index (χ2v) is 12.2. The maximum absolute atomic E-state index is 12.0. The summed E-state index contributed by atoms with van der Waals surface area (Å²) < 4.78 is 12.4. The lowest BCUT2D eigenvalue weighted by Gasteiger charge is -2.38. The van der Waals surface area contributed by atoms with Crippen LogP contribution >= 0.6 is 0 Å². The van der Waals surface area contributed by atoms with Crippen molar-refractivity contribution in [2.45, 2.75) is 145 Å². The summed E-state index contributed by atoms with van der Waals surface area (Å²) in [5.74, 6) is 4.10. The molecule has 0 saturated carbocycles. The van der Waals surface area contributed by atoms with E-state index in [9.17, 15) is 4.79 Å². The molecule has 200 valence electrons. The fourth-order valence-corrected chi connectivity index (χ4v) is 5.60. The van der Waals surface area contributed by atoms with Crippen molar-refractivity contribution in [1.82, 2.24) is 0 Å². The average Bonchev–Trinajstić information content (AvgIpc) is 2.79. The SMILES string of the molecule is CCC(=O)Oc1c(C)c(C)c2c(c1C)CCC(C)(CCCC(C)CCCC(C)CCCC(C)C)O2.